The first kappa shape index (κ1) is 29.7. The molecule has 2 rings (SSSR count). The molecule has 0 unspecified atom stereocenters. The number of unbranched alkanes of at least 4 members (excludes halogenated alkanes) is 4. The Labute approximate surface area is 214 Å². The number of carboxylic acids is 1. The molecule has 0 aliphatic heterocycles. The predicted octanol–water partition coefficient (Wildman–Crippen LogP) is 3.85. The van der Waals surface area contributed by atoms with Crippen LogP contribution in [-0.2, 0) is 22.5 Å². The van der Waals surface area contributed by atoms with Gasteiger partial charge in [-0.3, -0.25) is 9.48 Å². The number of carbonyl (C=O) groups excluding carboxylic acids is 2. The third kappa shape index (κ3) is 11.4. The van der Waals surface area contributed by atoms with Crippen molar-refractivity contribution in [1.29, 1.82) is 0 Å². The van der Waals surface area contributed by atoms with Gasteiger partial charge in [0.05, 0.1) is 6.20 Å². The first-order chi connectivity index (χ1) is 17.4. The predicted molar refractivity (Wildman–Crippen MR) is 131 cm³/mol. The summed E-state index contributed by atoms with van der Waals surface area (Å²) in [4.78, 5) is 35.6. The standard InChI is InChI=1S/C25H35F2N5O5/c1-25(2,3)37-24(36)28-13-7-5-4-6-8-14-32-16-21(30-31-32)22(33)29-20(23(34)35)12-10-17-9-11-18(26)19(27)15-17/h9,11,15-16,20H,4-8,10,12-14H2,1-3H3,(H,28,36)(H,29,33)(H,34,35)/t20-/m0/s1. The number of aromatic nitrogens is 3. The molecule has 0 aliphatic carbocycles. The SMILES string of the molecule is CC(C)(C)OC(=O)NCCCCCCCn1cc(C(=O)N[C@@H](CCc2ccc(F)c(F)c2)C(=O)O)nn1. The average Bonchev–Trinajstić information content (AvgIpc) is 3.28. The molecule has 0 radical (unpaired) electrons. The maximum absolute atomic E-state index is 13.4. The number of nitrogens with zero attached hydrogens (tertiary/aromatic N) is 3. The van der Waals surface area contributed by atoms with Crippen LogP contribution >= 0.6 is 0 Å². The molecule has 12 heteroatoms. The number of halogens is 2. The first-order valence-corrected chi connectivity index (χ1v) is 12.3. The van der Waals surface area contributed by atoms with Crippen molar-refractivity contribution < 1.29 is 33.0 Å². The molecular formula is C25H35F2N5O5. The van der Waals surface area contributed by atoms with E-state index in [4.69, 9.17) is 4.74 Å². The summed E-state index contributed by atoms with van der Waals surface area (Å²) in [5.74, 6) is -3.92. The molecule has 0 saturated heterocycles. The lowest BCUT2D eigenvalue weighted by Crippen LogP contribution is -2.41. The Kier molecular flexibility index (Phi) is 11.4. The van der Waals surface area contributed by atoms with Crippen LogP contribution in [0.25, 0.3) is 0 Å². The molecule has 3 N–H and O–H groups in total. The minimum Gasteiger partial charge on any atom is -0.480 e. The second-order valence-electron chi connectivity index (χ2n) is 9.71. The quantitative estimate of drug-likeness (QED) is 0.320. The van der Waals surface area contributed by atoms with Crippen LogP contribution in [0.2, 0.25) is 0 Å². The van der Waals surface area contributed by atoms with E-state index < -0.39 is 41.2 Å². The zero-order valence-corrected chi connectivity index (χ0v) is 21.4. The fourth-order valence-electron chi connectivity index (χ4n) is 3.44. The number of aliphatic carboxylic acids is 1. The second kappa shape index (κ2) is 14.2. The molecule has 204 valence electrons. The molecule has 2 aromatic rings. The van der Waals surface area contributed by atoms with Crippen LogP contribution in [0.4, 0.5) is 13.6 Å². The minimum absolute atomic E-state index is 0.00637. The average molecular weight is 524 g/mol. The van der Waals surface area contributed by atoms with Gasteiger partial charge >= 0.3 is 12.1 Å². The highest BCUT2D eigenvalue weighted by Crippen LogP contribution is 2.12. The van der Waals surface area contributed by atoms with Gasteiger partial charge in [-0.2, -0.15) is 0 Å². The smallest absolute Gasteiger partial charge is 0.407 e. The molecule has 0 fully saturated rings. The van der Waals surface area contributed by atoms with Crippen LogP contribution < -0.4 is 10.6 Å². The summed E-state index contributed by atoms with van der Waals surface area (Å²) in [5, 5.41) is 22.3. The molecule has 1 heterocycles. The summed E-state index contributed by atoms with van der Waals surface area (Å²) in [6.45, 7) is 6.54. The van der Waals surface area contributed by atoms with Gasteiger partial charge in [-0.1, -0.05) is 30.5 Å². The summed E-state index contributed by atoms with van der Waals surface area (Å²) in [7, 11) is 0. The zero-order chi connectivity index (χ0) is 27.4. The number of ether oxygens (including phenoxy) is 1. The van der Waals surface area contributed by atoms with Crippen molar-refractivity contribution in [2.75, 3.05) is 6.54 Å². The Hall–Kier alpha value is -3.57. The molecule has 2 amide bonds. The minimum atomic E-state index is -1.25. The third-order valence-electron chi connectivity index (χ3n) is 5.31. The van der Waals surface area contributed by atoms with Crippen LogP contribution in [-0.4, -0.2) is 56.3 Å². The molecule has 0 bridgehead atoms. The van der Waals surface area contributed by atoms with Crippen LogP contribution in [0.15, 0.2) is 24.4 Å². The lowest BCUT2D eigenvalue weighted by Gasteiger charge is -2.19. The number of nitrogens with one attached hydrogen (secondary N) is 2. The van der Waals surface area contributed by atoms with Gasteiger partial charge in [-0.25, -0.2) is 18.4 Å². The van der Waals surface area contributed by atoms with Gasteiger partial charge in [0, 0.05) is 13.1 Å². The molecule has 37 heavy (non-hydrogen) atoms. The van der Waals surface area contributed by atoms with Crippen LogP contribution in [0.5, 0.6) is 0 Å². The highest BCUT2D eigenvalue weighted by molar-refractivity contribution is 5.94. The number of rotatable bonds is 14. The number of aryl methyl sites for hydroxylation is 2. The summed E-state index contributed by atoms with van der Waals surface area (Å²) in [6, 6.07) is 2.12. The van der Waals surface area contributed by atoms with E-state index in [1.807, 2.05) is 20.8 Å². The van der Waals surface area contributed by atoms with E-state index in [0.717, 1.165) is 44.2 Å². The van der Waals surface area contributed by atoms with E-state index in [0.29, 0.717) is 18.7 Å². The van der Waals surface area contributed by atoms with Gasteiger partial charge in [0.2, 0.25) is 0 Å². The molecular weight excluding hydrogens is 488 g/mol. The molecule has 10 nitrogen and oxygen atoms in total. The summed E-state index contributed by atoms with van der Waals surface area (Å²) >= 11 is 0. The normalized spacial score (nSPS) is 12.1. The number of carboxylic acid groups (broad SMARTS) is 1. The Morgan fingerprint density at radius 1 is 1.08 bits per heavy atom. The van der Waals surface area contributed by atoms with E-state index in [-0.39, 0.29) is 18.5 Å². The lowest BCUT2D eigenvalue weighted by atomic mass is 10.0. The Morgan fingerprint density at radius 3 is 2.46 bits per heavy atom. The molecule has 0 saturated carbocycles. The van der Waals surface area contributed by atoms with Gasteiger partial charge in [0.15, 0.2) is 17.3 Å². The fourth-order valence-corrected chi connectivity index (χ4v) is 3.44. The Bertz CT molecular complexity index is 1050. The topological polar surface area (TPSA) is 135 Å². The molecule has 1 aromatic carbocycles. The maximum atomic E-state index is 13.4. The van der Waals surface area contributed by atoms with Gasteiger partial charge in [0.25, 0.3) is 5.91 Å². The monoisotopic (exact) mass is 523 g/mol. The van der Waals surface area contributed by atoms with Crippen molar-refractivity contribution in [3.05, 3.63) is 47.3 Å². The first-order valence-electron chi connectivity index (χ1n) is 12.3. The molecule has 1 aromatic heterocycles. The number of amides is 2. The van der Waals surface area contributed by atoms with E-state index in [9.17, 15) is 28.3 Å². The number of hydrogen-bond donors (Lipinski definition) is 3. The van der Waals surface area contributed by atoms with Crippen molar-refractivity contribution in [2.24, 2.45) is 0 Å². The molecule has 0 aliphatic rings. The van der Waals surface area contributed by atoms with Crippen LogP contribution in [0.1, 0.15) is 75.3 Å². The van der Waals surface area contributed by atoms with E-state index >= 15 is 0 Å². The van der Waals surface area contributed by atoms with Gasteiger partial charge in [0.1, 0.15) is 11.6 Å². The van der Waals surface area contributed by atoms with Crippen molar-refractivity contribution in [3.63, 3.8) is 0 Å². The number of benzene rings is 1. The van der Waals surface area contributed by atoms with Gasteiger partial charge in [-0.05, 0) is 64.2 Å². The lowest BCUT2D eigenvalue weighted by molar-refractivity contribution is -0.139. The highest BCUT2D eigenvalue weighted by Gasteiger charge is 2.22. The van der Waals surface area contributed by atoms with Gasteiger partial charge < -0.3 is 20.5 Å². The largest absolute Gasteiger partial charge is 0.480 e. The number of alkyl carbamates (subject to hydrolysis) is 1. The summed E-state index contributed by atoms with van der Waals surface area (Å²) in [6.07, 6.45) is 5.66. The van der Waals surface area contributed by atoms with Crippen molar-refractivity contribution in [2.45, 2.75) is 83.9 Å². The van der Waals surface area contributed by atoms with E-state index in [2.05, 4.69) is 20.9 Å². The van der Waals surface area contributed by atoms with E-state index in [1.54, 1.807) is 0 Å². The number of hydrogen-bond acceptors (Lipinski definition) is 6. The molecule has 1 atom stereocenters. The fraction of sp³-hybridized carbons (Fsp3) is 0.560. The maximum Gasteiger partial charge on any atom is 0.407 e. The van der Waals surface area contributed by atoms with Crippen molar-refractivity contribution in [1.82, 2.24) is 25.6 Å². The molecule has 0 spiro atoms. The van der Waals surface area contributed by atoms with E-state index in [1.165, 1.54) is 16.9 Å². The summed E-state index contributed by atoms with van der Waals surface area (Å²) in [5.41, 5.74) is -0.103. The Morgan fingerprint density at radius 2 is 1.78 bits per heavy atom. The summed E-state index contributed by atoms with van der Waals surface area (Å²) < 4.78 is 33.1. The van der Waals surface area contributed by atoms with Crippen molar-refractivity contribution >= 4 is 18.0 Å². The third-order valence-corrected chi connectivity index (χ3v) is 5.31. The van der Waals surface area contributed by atoms with Crippen LogP contribution in [0.3, 0.4) is 0 Å². The number of carbonyl (C=O) groups is 3. The Balaban J connectivity index is 1.67. The highest BCUT2D eigenvalue weighted by atomic mass is 19.2. The van der Waals surface area contributed by atoms with Crippen LogP contribution in [0, 0.1) is 11.6 Å². The van der Waals surface area contributed by atoms with Gasteiger partial charge in [-0.15, -0.1) is 5.10 Å². The second-order valence-corrected chi connectivity index (χ2v) is 9.71. The van der Waals surface area contributed by atoms with Crippen molar-refractivity contribution in [3.8, 4) is 0 Å². The zero-order valence-electron chi connectivity index (χ0n) is 21.4.